The van der Waals surface area contributed by atoms with Crippen LogP contribution in [0.15, 0.2) is 66.9 Å². The van der Waals surface area contributed by atoms with Crippen LogP contribution in [0.25, 0.3) is 11.0 Å². The van der Waals surface area contributed by atoms with E-state index in [2.05, 4.69) is 68.1 Å². The molecule has 2 aromatic carbocycles. The summed E-state index contributed by atoms with van der Waals surface area (Å²) in [5.41, 5.74) is 4.07. The van der Waals surface area contributed by atoms with E-state index < -0.39 is 0 Å². The molecule has 1 saturated heterocycles. The summed E-state index contributed by atoms with van der Waals surface area (Å²) in [6.45, 7) is 3.86. The number of hydrogen-bond acceptors (Lipinski definition) is 8. The first-order chi connectivity index (χ1) is 18.2. The maximum Gasteiger partial charge on any atom is 0.229 e. The fourth-order valence-electron chi connectivity index (χ4n) is 5.27. The summed E-state index contributed by atoms with van der Waals surface area (Å²) >= 11 is 0. The quantitative estimate of drug-likeness (QED) is 0.332. The molecule has 2 N–H and O–H groups in total. The van der Waals surface area contributed by atoms with Gasteiger partial charge < -0.3 is 24.5 Å². The molecule has 2 aliphatic rings. The van der Waals surface area contributed by atoms with Gasteiger partial charge in [-0.25, -0.2) is 9.67 Å². The third-order valence-corrected chi connectivity index (χ3v) is 7.30. The zero-order chi connectivity index (χ0) is 25.0. The van der Waals surface area contributed by atoms with Gasteiger partial charge in [-0.05, 0) is 59.4 Å². The minimum atomic E-state index is -0.212. The van der Waals surface area contributed by atoms with Crippen molar-refractivity contribution in [1.82, 2.24) is 30.2 Å². The highest BCUT2D eigenvalue weighted by atomic mass is 16.7. The number of tetrazole rings is 1. The van der Waals surface area contributed by atoms with E-state index in [1.54, 1.807) is 12.6 Å². The van der Waals surface area contributed by atoms with Crippen molar-refractivity contribution >= 4 is 16.7 Å². The number of fused-ring (bicyclic) bond motifs is 1. The molecule has 0 radical (unpaired) electrons. The fraction of sp³-hybridized carbons (Fsp3) is 0.407. The topological polar surface area (TPSA) is 112 Å². The Morgan fingerprint density at radius 3 is 2.92 bits per heavy atom. The number of ether oxygens (including phenoxy) is 3. The van der Waals surface area contributed by atoms with Crippen LogP contribution in [-0.4, -0.2) is 49.7 Å². The molecule has 4 unspecified atom stereocenters. The van der Waals surface area contributed by atoms with Gasteiger partial charge in [0.1, 0.15) is 12.0 Å². The second kappa shape index (κ2) is 10.6. The number of nitrogens with one attached hydrogen (secondary N) is 2. The molecule has 37 heavy (non-hydrogen) atoms. The van der Waals surface area contributed by atoms with Crippen LogP contribution in [0.5, 0.6) is 0 Å². The van der Waals surface area contributed by atoms with Gasteiger partial charge in [0.15, 0.2) is 5.82 Å². The second-order valence-corrected chi connectivity index (χ2v) is 9.72. The molecule has 0 aliphatic carbocycles. The molecule has 0 amide bonds. The van der Waals surface area contributed by atoms with E-state index >= 15 is 0 Å². The third kappa shape index (κ3) is 5.15. The molecule has 10 nitrogen and oxygen atoms in total. The summed E-state index contributed by atoms with van der Waals surface area (Å²) in [5, 5.41) is 16.7. The van der Waals surface area contributed by atoms with Crippen molar-refractivity contribution in [3.63, 3.8) is 0 Å². The lowest BCUT2D eigenvalue weighted by Crippen LogP contribution is -2.31. The number of H-pyrrole nitrogens is 1. The van der Waals surface area contributed by atoms with Crippen LogP contribution in [0.1, 0.15) is 37.2 Å². The van der Waals surface area contributed by atoms with E-state index in [1.807, 2.05) is 22.9 Å². The average Bonchev–Trinajstić information content (AvgIpc) is 3.74. The first kappa shape index (κ1) is 23.5. The lowest BCUT2D eigenvalue weighted by molar-refractivity contribution is 0.0637. The molecule has 0 saturated carbocycles. The molecular formula is C27H31N7O3. The van der Waals surface area contributed by atoms with Gasteiger partial charge in [-0.3, -0.25) is 0 Å². The van der Waals surface area contributed by atoms with Gasteiger partial charge >= 0.3 is 0 Å². The summed E-state index contributed by atoms with van der Waals surface area (Å²) in [6, 6.07) is 16.3. The van der Waals surface area contributed by atoms with Crippen molar-refractivity contribution in [3.05, 3.63) is 78.3 Å². The average molecular weight is 502 g/mol. The number of rotatable bonds is 10. The van der Waals surface area contributed by atoms with Gasteiger partial charge in [0.25, 0.3) is 0 Å². The number of aromatic nitrogens is 6. The van der Waals surface area contributed by atoms with Crippen LogP contribution < -0.4 is 5.32 Å². The summed E-state index contributed by atoms with van der Waals surface area (Å²) in [4.78, 5) is 7.55. The Bertz CT molecular complexity index is 1350. The van der Waals surface area contributed by atoms with Crippen LogP contribution in [-0.2, 0) is 27.2 Å². The van der Waals surface area contributed by atoms with E-state index in [1.165, 1.54) is 5.56 Å². The Morgan fingerprint density at radius 1 is 1.19 bits per heavy atom. The summed E-state index contributed by atoms with van der Waals surface area (Å²) in [6.07, 6.45) is 6.44. The molecule has 4 heterocycles. The Morgan fingerprint density at radius 2 is 2.11 bits per heavy atom. The second-order valence-electron chi connectivity index (χ2n) is 9.72. The molecule has 2 aliphatic heterocycles. The lowest BCUT2D eigenvalue weighted by atomic mass is 9.81. The normalized spacial score (nSPS) is 19.7. The first-order valence-electron chi connectivity index (χ1n) is 12.8. The number of hydrogen-bond donors (Lipinski definition) is 2. The van der Waals surface area contributed by atoms with E-state index in [4.69, 9.17) is 14.2 Å². The van der Waals surface area contributed by atoms with Crippen molar-refractivity contribution in [3.8, 4) is 0 Å². The highest BCUT2D eigenvalue weighted by molar-refractivity contribution is 5.78. The molecule has 4 atom stereocenters. The van der Waals surface area contributed by atoms with Crippen LogP contribution >= 0.6 is 0 Å². The van der Waals surface area contributed by atoms with E-state index in [0.29, 0.717) is 6.54 Å². The lowest BCUT2D eigenvalue weighted by Gasteiger charge is -2.32. The van der Waals surface area contributed by atoms with Crippen LogP contribution in [0, 0.1) is 11.8 Å². The molecule has 0 bridgehead atoms. The van der Waals surface area contributed by atoms with Crippen molar-refractivity contribution in [2.75, 3.05) is 18.7 Å². The summed E-state index contributed by atoms with van der Waals surface area (Å²) < 4.78 is 19.2. The van der Waals surface area contributed by atoms with Crippen LogP contribution in [0.4, 0.5) is 5.69 Å². The van der Waals surface area contributed by atoms with Gasteiger partial charge in [0.2, 0.25) is 6.79 Å². The van der Waals surface area contributed by atoms with Crippen LogP contribution in [0.3, 0.4) is 0 Å². The van der Waals surface area contributed by atoms with Crippen molar-refractivity contribution in [2.45, 2.75) is 44.9 Å². The summed E-state index contributed by atoms with van der Waals surface area (Å²) in [7, 11) is 0. The Kier molecular flexibility index (Phi) is 6.72. The van der Waals surface area contributed by atoms with E-state index in [9.17, 15) is 0 Å². The van der Waals surface area contributed by atoms with Gasteiger partial charge in [-0.1, -0.05) is 37.3 Å². The fourth-order valence-corrected chi connectivity index (χ4v) is 5.27. The van der Waals surface area contributed by atoms with Gasteiger partial charge in [-0.15, -0.1) is 5.10 Å². The number of allylic oxidation sites excluding steroid dienone is 1. The predicted octanol–water partition coefficient (Wildman–Crippen LogP) is 4.22. The zero-order valence-corrected chi connectivity index (χ0v) is 20.8. The van der Waals surface area contributed by atoms with Crippen LogP contribution in [0.2, 0.25) is 0 Å². The third-order valence-electron chi connectivity index (χ3n) is 7.30. The molecule has 192 valence electrons. The number of nitrogens with zero attached hydrogens (tertiary/aromatic N) is 5. The monoisotopic (exact) mass is 501 g/mol. The molecular weight excluding hydrogens is 470 g/mol. The Labute approximate surface area is 215 Å². The highest BCUT2D eigenvalue weighted by Gasteiger charge is 2.36. The molecule has 6 rings (SSSR count). The standard InChI is InChI=1S/C27H31N7O3/c1-18(22(25-15-35-17-37-25)12-19-6-3-2-4-7-19)26(30-20-9-10-23-24(13-20)29-16-28-23)27-31-32-33-34(27)14-21-8-5-11-36-21/h2-4,6-7,9-10,13,15-16,18,21-22,26,30H,5,8,11-12,14,17H2,1H3,(H,28,29). The minimum Gasteiger partial charge on any atom is -0.462 e. The van der Waals surface area contributed by atoms with Gasteiger partial charge in [0.05, 0.1) is 36.1 Å². The van der Waals surface area contributed by atoms with Crippen molar-refractivity contribution in [1.29, 1.82) is 0 Å². The smallest absolute Gasteiger partial charge is 0.229 e. The molecule has 0 spiro atoms. The predicted molar refractivity (Wildman–Crippen MR) is 137 cm³/mol. The molecule has 2 aromatic heterocycles. The Hall–Kier alpha value is -3.92. The summed E-state index contributed by atoms with van der Waals surface area (Å²) in [5.74, 6) is 1.68. The van der Waals surface area contributed by atoms with Crippen molar-refractivity contribution in [2.24, 2.45) is 11.8 Å². The molecule has 1 fully saturated rings. The minimum absolute atomic E-state index is 0.0335. The van der Waals surface area contributed by atoms with E-state index in [-0.39, 0.29) is 30.8 Å². The van der Waals surface area contributed by atoms with Gasteiger partial charge in [0, 0.05) is 18.2 Å². The number of benzene rings is 2. The maximum atomic E-state index is 5.93. The first-order valence-corrected chi connectivity index (χ1v) is 12.8. The highest BCUT2D eigenvalue weighted by Crippen LogP contribution is 2.38. The van der Waals surface area contributed by atoms with E-state index in [0.717, 1.165) is 54.2 Å². The number of anilines is 1. The number of aromatic amines is 1. The molecule has 4 aromatic rings. The van der Waals surface area contributed by atoms with Gasteiger partial charge in [-0.2, -0.15) is 0 Å². The zero-order valence-electron chi connectivity index (χ0n) is 20.8. The number of imidazole rings is 1. The molecule has 10 heteroatoms. The SMILES string of the molecule is CC(C(Cc1ccccc1)C1=COCO1)C(Nc1ccc2nc[nH]c2c1)c1nnnn1CC1CCCO1. The largest absolute Gasteiger partial charge is 0.462 e. The maximum absolute atomic E-state index is 5.93. The van der Waals surface area contributed by atoms with Crippen molar-refractivity contribution < 1.29 is 14.2 Å². The Balaban J connectivity index is 1.36.